The van der Waals surface area contributed by atoms with E-state index in [1.807, 2.05) is 18.2 Å². The summed E-state index contributed by atoms with van der Waals surface area (Å²) < 4.78 is 0. The number of nitrogens with zero attached hydrogens (tertiary/aromatic N) is 1. The Morgan fingerprint density at radius 1 is 1.38 bits per heavy atom. The van der Waals surface area contributed by atoms with Gasteiger partial charge in [0.1, 0.15) is 6.29 Å². The Labute approximate surface area is 79.2 Å². The van der Waals surface area contributed by atoms with Gasteiger partial charge in [0.2, 0.25) is 0 Å². The van der Waals surface area contributed by atoms with E-state index in [0.717, 1.165) is 18.5 Å². The van der Waals surface area contributed by atoms with Crippen LogP contribution >= 0.6 is 0 Å². The standard InChI is InChI=1S/C11H15NO/c1-3-12(8-9-13)11-7-5-4-6-10(11)2/h4-7,9H,3,8H2,1-2H3. The maximum atomic E-state index is 10.4. The van der Waals surface area contributed by atoms with Crippen molar-refractivity contribution in [3.8, 4) is 0 Å². The van der Waals surface area contributed by atoms with E-state index >= 15 is 0 Å². The normalized spacial score (nSPS) is 9.69. The number of aryl methyl sites for hydroxylation is 1. The highest BCUT2D eigenvalue weighted by molar-refractivity contribution is 5.63. The zero-order chi connectivity index (χ0) is 9.68. The molecule has 0 aliphatic rings. The molecule has 0 bridgehead atoms. The van der Waals surface area contributed by atoms with E-state index in [0.29, 0.717) is 6.54 Å². The van der Waals surface area contributed by atoms with Crippen LogP contribution in [0.1, 0.15) is 12.5 Å². The molecule has 0 spiro atoms. The second kappa shape index (κ2) is 4.65. The molecule has 0 saturated heterocycles. The van der Waals surface area contributed by atoms with Gasteiger partial charge in [-0.25, -0.2) is 0 Å². The van der Waals surface area contributed by atoms with Crippen LogP contribution in [-0.2, 0) is 4.79 Å². The monoisotopic (exact) mass is 177 g/mol. The van der Waals surface area contributed by atoms with Gasteiger partial charge in [0.15, 0.2) is 0 Å². The Bertz CT molecular complexity index is 283. The average molecular weight is 177 g/mol. The molecule has 0 heterocycles. The van der Waals surface area contributed by atoms with E-state index in [9.17, 15) is 4.79 Å². The van der Waals surface area contributed by atoms with Crippen molar-refractivity contribution in [1.29, 1.82) is 0 Å². The van der Waals surface area contributed by atoms with Crippen LogP contribution in [-0.4, -0.2) is 19.4 Å². The Kier molecular flexibility index (Phi) is 3.50. The third kappa shape index (κ3) is 2.31. The molecule has 0 aliphatic carbocycles. The molecule has 0 aliphatic heterocycles. The Hall–Kier alpha value is -1.31. The van der Waals surface area contributed by atoms with Crippen LogP contribution in [0, 0.1) is 6.92 Å². The number of aldehydes is 1. The number of para-hydroxylation sites is 1. The summed E-state index contributed by atoms with van der Waals surface area (Å²) in [6.07, 6.45) is 0.940. The molecule has 1 aromatic carbocycles. The van der Waals surface area contributed by atoms with Crippen molar-refractivity contribution in [2.24, 2.45) is 0 Å². The number of benzene rings is 1. The molecule has 0 radical (unpaired) electrons. The van der Waals surface area contributed by atoms with Gasteiger partial charge in [-0.1, -0.05) is 18.2 Å². The fraction of sp³-hybridized carbons (Fsp3) is 0.364. The molecule has 0 N–H and O–H groups in total. The van der Waals surface area contributed by atoms with Gasteiger partial charge in [-0.15, -0.1) is 0 Å². The number of rotatable bonds is 4. The molecule has 70 valence electrons. The minimum atomic E-state index is 0.474. The lowest BCUT2D eigenvalue weighted by Gasteiger charge is -2.21. The van der Waals surface area contributed by atoms with Crippen molar-refractivity contribution < 1.29 is 4.79 Å². The molecule has 2 nitrogen and oxygen atoms in total. The maximum absolute atomic E-state index is 10.4. The van der Waals surface area contributed by atoms with Crippen LogP contribution in [0.5, 0.6) is 0 Å². The quantitative estimate of drug-likeness (QED) is 0.656. The van der Waals surface area contributed by atoms with Crippen molar-refractivity contribution in [2.75, 3.05) is 18.0 Å². The van der Waals surface area contributed by atoms with Crippen molar-refractivity contribution in [1.82, 2.24) is 0 Å². The highest BCUT2D eigenvalue weighted by atomic mass is 16.1. The van der Waals surface area contributed by atoms with Crippen molar-refractivity contribution >= 4 is 12.0 Å². The van der Waals surface area contributed by atoms with Gasteiger partial charge in [0, 0.05) is 12.2 Å². The first-order chi connectivity index (χ1) is 6.29. The van der Waals surface area contributed by atoms with E-state index < -0.39 is 0 Å². The second-order valence-corrected chi connectivity index (χ2v) is 2.99. The molecule has 0 aromatic heterocycles. The second-order valence-electron chi connectivity index (χ2n) is 2.99. The average Bonchev–Trinajstić information content (AvgIpc) is 2.16. The Morgan fingerprint density at radius 2 is 2.08 bits per heavy atom. The van der Waals surface area contributed by atoms with Crippen LogP contribution in [0.3, 0.4) is 0 Å². The molecule has 0 fully saturated rings. The molecule has 0 atom stereocenters. The van der Waals surface area contributed by atoms with Crippen LogP contribution in [0.25, 0.3) is 0 Å². The number of hydrogen-bond donors (Lipinski definition) is 0. The van der Waals surface area contributed by atoms with Gasteiger partial charge >= 0.3 is 0 Å². The van der Waals surface area contributed by atoms with Gasteiger partial charge in [-0.2, -0.15) is 0 Å². The summed E-state index contributed by atoms with van der Waals surface area (Å²) >= 11 is 0. The Morgan fingerprint density at radius 3 is 2.62 bits per heavy atom. The number of carbonyl (C=O) groups is 1. The predicted octanol–water partition coefficient (Wildman–Crippen LogP) is 2.02. The summed E-state index contributed by atoms with van der Waals surface area (Å²) in [6.45, 7) is 5.45. The summed E-state index contributed by atoms with van der Waals surface area (Å²) in [5.41, 5.74) is 2.36. The van der Waals surface area contributed by atoms with Crippen molar-refractivity contribution in [2.45, 2.75) is 13.8 Å². The first-order valence-electron chi connectivity index (χ1n) is 4.53. The zero-order valence-electron chi connectivity index (χ0n) is 8.16. The summed E-state index contributed by atoms with van der Waals surface area (Å²) in [6, 6.07) is 8.11. The van der Waals surface area contributed by atoms with E-state index in [-0.39, 0.29) is 0 Å². The number of anilines is 1. The third-order valence-electron chi connectivity index (χ3n) is 2.13. The first kappa shape index (κ1) is 9.78. The van der Waals surface area contributed by atoms with E-state index in [4.69, 9.17) is 0 Å². The van der Waals surface area contributed by atoms with E-state index in [1.54, 1.807) is 0 Å². The van der Waals surface area contributed by atoms with Gasteiger partial charge in [0.25, 0.3) is 0 Å². The summed E-state index contributed by atoms with van der Waals surface area (Å²) in [4.78, 5) is 12.5. The number of carbonyl (C=O) groups excluding carboxylic acids is 1. The maximum Gasteiger partial charge on any atom is 0.139 e. The molecular formula is C11H15NO. The lowest BCUT2D eigenvalue weighted by Crippen LogP contribution is -2.25. The van der Waals surface area contributed by atoms with Gasteiger partial charge in [-0.05, 0) is 25.5 Å². The van der Waals surface area contributed by atoms with E-state index in [2.05, 4.69) is 24.8 Å². The molecule has 1 aromatic rings. The Balaban J connectivity index is 2.90. The van der Waals surface area contributed by atoms with Crippen LogP contribution in [0.2, 0.25) is 0 Å². The minimum Gasteiger partial charge on any atom is -0.365 e. The molecule has 0 saturated carbocycles. The molecule has 2 heteroatoms. The van der Waals surface area contributed by atoms with Gasteiger partial charge in [0.05, 0.1) is 6.54 Å². The van der Waals surface area contributed by atoms with Crippen molar-refractivity contribution in [3.05, 3.63) is 29.8 Å². The molecule has 13 heavy (non-hydrogen) atoms. The lowest BCUT2D eigenvalue weighted by atomic mass is 10.2. The fourth-order valence-corrected chi connectivity index (χ4v) is 1.41. The third-order valence-corrected chi connectivity index (χ3v) is 2.13. The minimum absolute atomic E-state index is 0.474. The first-order valence-corrected chi connectivity index (χ1v) is 4.53. The SMILES string of the molecule is CCN(CC=O)c1ccccc1C. The highest BCUT2D eigenvalue weighted by Gasteiger charge is 2.04. The molecule has 1 rings (SSSR count). The summed E-state index contributed by atoms with van der Waals surface area (Å²) in [5.74, 6) is 0. The van der Waals surface area contributed by atoms with E-state index in [1.165, 1.54) is 5.56 Å². The van der Waals surface area contributed by atoms with Crippen molar-refractivity contribution in [3.63, 3.8) is 0 Å². The highest BCUT2D eigenvalue weighted by Crippen LogP contribution is 2.17. The fourth-order valence-electron chi connectivity index (χ4n) is 1.41. The number of likely N-dealkylation sites (N-methyl/N-ethyl adjacent to an activating group) is 1. The van der Waals surface area contributed by atoms with Crippen LogP contribution < -0.4 is 4.90 Å². The van der Waals surface area contributed by atoms with Crippen LogP contribution in [0.15, 0.2) is 24.3 Å². The summed E-state index contributed by atoms with van der Waals surface area (Å²) in [5, 5.41) is 0. The topological polar surface area (TPSA) is 20.3 Å². The molecule has 0 amide bonds. The lowest BCUT2D eigenvalue weighted by molar-refractivity contribution is -0.106. The largest absolute Gasteiger partial charge is 0.365 e. The van der Waals surface area contributed by atoms with Gasteiger partial charge < -0.3 is 9.69 Å². The zero-order valence-corrected chi connectivity index (χ0v) is 8.16. The van der Waals surface area contributed by atoms with Crippen LogP contribution in [0.4, 0.5) is 5.69 Å². The predicted molar refractivity (Wildman–Crippen MR) is 55.1 cm³/mol. The summed E-state index contributed by atoms with van der Waals surface area (Å²) in [7, 11) is 0. The van der Waals surface area contributed by atoms with Gasteiger partial charge in [-0.3, -0.25) is 0 Å². The molecule has 0 unspecified atom stereocenters. The number of hydrogen-bond acceptors (Lipinski definition) is 2. The smallest absolute Gasteiger partial charge is 0.139 e. The molecular weight excluding hydrogens is 162 g/mol.